The molecule has 2 heteroatoms. The van der Waals surface area contributed by atoms with Gasteiger partial charge in [0.25, 0.3) is 0 Å². The number of fused-ring (bicyclic) bond motifs is 3. The molecule has 2 nitrogen and oxygen atoms in total. The van der Waals surface area contributed by atoms with Crippen molar-refractivity contribution in [2.45, 2.75) is 65.4 Å². The molecule has 3 rings (SSSR count). The van der Waals surface area contributed by atoms with Gasteiger partial charge in [-0.3, -0.25) is 4.79 Å². The molecule has 122 valence electrons. The van der Waals surface area contributed by atoms with E-state index in [2.05, 4.69) is 26.5 Å². The molecule has 0 aliphatic heterocycles. The molecule has 2 saturated carbocycles. The van der Waals surface area contributed by atoms with Crippen LogP contribution in [0.15, 0.2) is 24.8 Å². The van der Waals surface area contributed by atoms with E-state index in [0.717, 1.165) is 32.1 Å². The van der Waals surface area contributed by atoms with Crippen molar-refractivity contribution in [3.8, 4) is 0 Å². The van der Waals surface area contributed by atoms with Crippen molar-refractivity contribution < 1.29 is 9.90 Å². The second-order valence-electron chi connectivity index (χ2n) is 9.05. The van der Waals surface area contributed by atoms with Gasteiger partial charge in [0.15, 0.2) is 5.78 Å². The summed E-state index contributed by atoms with van der Waals surface area (Å²) in [5.41, 5.74) is -1.25. The van der Waals surface area contributed by atoms with Crippen LogP contribution in [0, 0.1) is 28.1 Å². The summed E-state index contributed by atoms with van der Waals surface area (Å²) in [4.78, 5) is 12.3. The molecule has 5 atom stereocenters. The van der Waals surface area contributed by atoms with Crippen LogP contribution in [0.5, 0.6) is 0 Å². The zero-order valence-corrected chi connectivity index (χ0v) is 14.5. The highest BCUT2D eigenvalue weighted by molar-refractivity contribution is 5.96. The molecule has 0 unspecified atom stereocenters. The van der Waals surface area contributed by atoms with E-state index in [-0.39, 0.29) is 22.5 Å². The van der Waals surface area contributed by atoms with Crippen LogP contribution in [0.4, 0.5) is 0 Å². The highest BCUT2D eigenvalue weighted by Crippen LogP contribution is 2.64. The van der Waals surface area contributed by atoms with Crippen LogP contribution in [-0.4, -0.2) is 16.5 Å². The van der Waals surface area contributed by atoms with Gasteiger partial charge in [-0.05, 0) is 55.6 Å². The first-order chi connectivity index (χ1) is 10.1. The van der Waals surface area contributed by atoms with Crippen LogP contribution in [0.2, 0.25) is 0 Å². The molecular formula is C20H30O2. The van der Waals surface area contributed by atoms with Gasteiger partial charge in [0.2, 0.25) is 0 Å². The molecule has 0 heterocycles. The second kappa shape index (κ2) is 4.56. The van der Waals surface area contributed by atoms with Gasteiger partial charge in [-0.2, -0.15) is 0 Å². The fraction of sp³-hybridized carbons (Fsp3) is 0.750. The smallest absolute Gasteiger partial charge is 0.161 e. The maximum Gasteiger partial charge on any atom is 0.161 e. The Morgan fingerprint density at radius 3 is 2.55 bits per heavy atom. The third kappa shape index (κ3) is 1.86. The Labute approximate surface area is 134 Å². The van der Waals surface area contributed by atoms with Crippen molar-refractivity contribution in [1.82, 2.24) is 0 Å². The summed E-state index contributed by atoms with van der Waals surface area (Å²) in [6, 6.07) is 0. The summed E-state index contributed by atoms with van der Waals surface area (Å²) in [6.07, 6.45) is 10.8. The monoisotopic (exact) mass is 302 g/mol. The maximum atomic E-state index is 12.3. The van der Waals surface area contributed by atoms with Gasteiger partial charge in [-0.1, -0.05) is 33.8 Å². The van der Waals surface area contributed by atoms with Gasteiger partial charge in [-0.25, -0.2) is 0 Å². The maximum absolute atomic E-state index is 12.3. The van der Waals surface area contributed by atoms with Gasteiger partial charge in [-0.15, -0.1) is 6.58 Å². The highest BCUT2D eigenvalue weighted by atomic mass is 16.3. The summed E-state index contributed by atoms with van der Waals surface area (Å²) < 4.78 is 0. The van der Waals surface area contributed by atoms with Crippen LogP contribution in [0.1, 0.15) is 59.8 Å². The summed E-state index contributed by atoms with van der Waals surface area (Å²) in [5.74, 6) is 0.696. The molecule has 3 aliphatic rings. The Morgan fingerprint density at radius 2 is 1.91 bits per heavy atom. The fourth-order valence-electron chi connectivity index (χ4n) is 5.57. The predicted octanol–water partition coefficient (Wildman–Crippen LogP) is 4.29. The van der Waals surface area contributed by atoms with Crippen molar-refractivity contribution in [3.05, 3.63) is 24.8 Å². The predicted molar refractivity (Wildman–Crippen MR) is 89.4 cm³/mol. The third-order valence-corrected chi connectivity index (χ3v) is 7.57. The van der Waals surface area contributed by atoms with Gasteiger partial charge in [0.05, 0.1) is 5.60 Å². The molecular weight excluding hydrogens is 272 g/mol. The van der Waals surface area contributed by atoms with Crippen molar-refractivity contribution in [3.63, 3.8) is 0 Å². The molecule has 0 aromatic carbocycles. The van der Waals surface area contributed by atoms with Crippen LogP contribution in [0.3, 0.4) is 0 Å². The molecule has 0 bridgehead atoms. The molecule has 0 aromatic heterocycles. The number of aliphatic hydroxyl groups is 1. The lowest BCUT2D eigenvalue weighted by molar-refractivity contribution is -0.195. The number of hydrogen-bond donors (Lipinski definition) is 1. The van der Waals surface area contributed by atoms with Gasteiger partial charge < -0.3 is 5.11 Å². The molecule has 3 aliphatic carbocycles. The molecule has 2 fully saturated rings. The van der Waals surface area contributed by atoms with Gasteiger partial charge in [0.1, 0.15) is 0 Å². The number of ketones is 1. The van der Waals surface area contributed by atoms with E-state index in [1.54, 1.807) is 6.08 Å². The van der Waals surface area contributed by atoms with Crippen LogP contribution >= 0.6 is 0 Å². The zero-order chi connectivity index (χ0) is 16.4. The SMILES string of the molecule is C=C[C@]1(C)CC[C@]2(C)[C@H](CC[C@H]3C(C)(C)C(=O)C=C[C@@]32O)C1. The van der Waals surface area contributed by atoms with Crippen molar-refractivity contribution in [2.24, 2.45) is 28.1 Å². The van der Waals surface area contributed by atoms with E-state index >= 15 is 0 Å². The molecule has 0 saturated heterocycles. The van der Waals surface area contributed by atoms with E-state index in [4.69, 9.17) is 0 Å². The van der Waals surface area contributed by atoms with Crippen molar-refractivity contribution >= 4 is 5.78 Å². The summed E-state index contributed by atoms with van der Waals surface area (Å²) in [7, 11) is 0. The van der Waals surface area contributed by atoms with Gasteiger partial charge >= 0.3 is 0 Å². The quantitative estimate of drug-likeness (QED) is 0.734. The highest BCUT2D eigenvalue weighted by Gasteiger charge is 2.64. The second-order valence-corrected chi connectivity index (χ2v) is 9.05. The Hall–Kier alpha value is -0.890. The van der Waals surface area contributed by atoms with Crippen molar-refractivity contribution in [1.29, 1.82) is 0 Å². The zero-order valence-electron chi connectivity index (χ0n) is 14.5. The van der Waals surface area contributed by atoms with E-state index in [1.165, 1.54) is 0 Å². The standard InChI is InChI=1S/C20H30O2/c1-6-18(4)11-12-19(5)14(13-18)7-8-15-17(2,3)16(21)9-10-20(15,19)22/h6,9-10,14-15,22H,1,7-8,11-13H2,2-5H3/t14-,15+,18-,19-,20-/m1/s1. The lowest BCUT2D eigenvalue weighted by Crippen LogP contribution is -2.65. The molecule has 0 amide bonds. The van der Waals surface area contributed by atoms with E-state index < -0.39 is 11.0 Å². The topological polar surface area (TPSA) is 37.3 Å². The lowest BCUT2D eigenvalue weighted by Gasteiger charge is -2.63. The fourth-order valence-corrected chi connectivity index (χ4v) is 5.57. The van der Waals surface area contributed by atoms with E-state index in [1.807, 2.05) is 19.9 Å². The first kappa shape index (κ1) is 16.0. The molecule has 0 spiro atoms. The van der Waals surface area contributed by atoms with E-state index in [0.29, 0.717) is 5.92 Å². The Balaban J connectivity index is 2.04. The average Bonchev–Trinajstić information content (AvgIpc) is 2.46. The Bertz CT molecular complexity index is 546. The number of carbonyl (C=O) groups excluding carboxylic acids is 1. The molecule has 1 N–H and O–H groups in total. The minimum atomic E-state index is -0.851. The summed E-state index contributed by atoms with van der Waals surface area (Å²) in [6.45, 7) is 12.6. The van der Waals surface area contributed by atoms with Crippen LogP contribution < -0.4 is 0 Å². The van der Waals surface area contributed by atoms with Crippen LogP contribution in [0.25, 0.3) is 0 Å². The number of allylic oxidation sites excluding steroid dienone is 2. The minimum Gasteiger partial charge on any atom is -0.385 e. The Morgan fingerprint density at radius 1 is 1.23 bits per heavy atom. The van der Waals surface area contributed by atoms with Crippen molar-refractivity contribution in [2.75, 3.05) is 0 Å². The number of rotatable bonds is 1. The van der Waals surface area contributed by atoms with Gasteiger partial charge in [0, 0.05) is 16.7 Å². The molecule has 0 aromatic rings. The first-order valence-electron chi connectivity index (χ1n) is 8.69. The number of hydrogen-bond acceptors (Lipinski definition) is 2. The molecule has 0 radical (unpaired) electrons. The molecule has 22 heavy (non-hydrogen) atoms. The van der Waals surface area contributed by atoms with Crippen LogP contribution in [-0.2, 0) is 4.79 Å². The summed E-state index contributed by atoms with van der Waals surface area (Å²) >= 11 is 0. The number of carbonyl (C=O) groups is 1. The largest absolute Gasteiger partial charge is 0.385 e. The third-order valence-electron chi connectivity index (χ3n) is 7.57. The first-order valence-corrected chi connectivity index (χ1v) is 8.69. The summed E-state index contributed by atoms with van der Waals surface area (Å²) in [5, 5.41) is 11.7. The lowest BCUT2D eigenvalue weighted by atomic mass is 9.43. The minimum absolute atomic E-state index is 0.0341. The average molecular weight is 302 g/mol. The van der Waals surface area contributed by atoms with E-state index in [9.17, 15) is 9.90 Å². The Kier molecular flexibility index (Phi) is 3.32. The normalized spacial score (nSPS) is 50.1.